The molecule has 0 spiro atoms. The third-order valence-corrected chi connectivity index (χ3v) is 5.17. The third kappa shape index (κ3) is 4.21. The minimum Gasteiger partial charge on any atom is -0.393 e. The summed E-state index contributed by atoms with van der Waals surface area (Å²) in [4.78, 5) is 14.2. The first kappa shape index (κ1) is 15.8. The number of rotatable bonds is 8. The van der Waals surface area contributed by atoms with Crippen molar-refractivity contribution in [2.45, 2.75) is 77.2 Å². The average Bonchev–Trinajstić information content (AvgIpc) is 3.00. The molecule has 1 aliphatic heterocycles. The zero-order chi connectivity index (χ0) is 14.4. The number of carbonyl (C=O) groups is 1. The van der Waals surface area contributed by atoms with Crippen molar-refractivity contribution < 1.29 is 9.90 Å². The molecule has 0 radical (unpaired) electrons. The van der Waals surface area contributed by atoms with Gasteiger partial charge in [0.05, 0.1) is 6.10 Å². The highest BCUT2D eigenvalue weighted by Gasteiger charge is 2.42. The lowest BCUT2D eigenvalue weighted by Gasteiger charge is -2.18. The molecule has 1 N–H and O–H groups in total. The van der Waals surface area contributed by atoms with E-state index in [0.29, 0.717) is 24.2 Å². The van der Waals surface area contributed by atoms with Gasteiger partial charge in [0.2, 0.25) is 5.91 Å². The highest BCUT2D eigenvalue weighted by Crippen LogP contribution is 2.38. The van der Waals surface area contributed by atoms with Crippen molar-refractivity contribution in [2.75, 3.05) is 13.1 Å². The summed E-state index contributed by atoms with van der Waals surface area (Å²) in [5.41, 5.74) is 0. The van der Waals surface area contributed by atoms with Crippen LogP contribution < -0.4 is 0 Å². The first-order chi connectivity index (χ1) is 9.72. The number of aliphatic hydroxyl groups is 1. The van der Waals surface area contributed by atoms with Gasteiger partial charge in [-0.1, -0.05) is 45.4 Å². The summed E-state index contributed by atoms with van der Waals surface area (Å²) in [5, 5.41) is 9.88. The molecule has 1 aliphatic carbocycles. The summed E-state index contributed by atoms with van der Waals surface area (Å²) in [6, 6.07) is 0. The largest absolute Gasteiger partial charge is 0.393 e. The molecule has 3 unspecified atom stereocenters. The molecular weight excluding hydrogens is 250 g/mol. The first-order valence-corrected chi connectivity index (χ1v) is 8.68. The molecule has 2 fully saturated rings. The number of carbonyl (C=O) groups excluding carboxylic acids is 1. The van der Waals surface area contributed by atoms with E-state index in [4.69, 9.17) is 0 Å². The van der Waals surface area contributed by atoms with E-state index in [1.807, 2.05) is 4.90 Å². The first-order valence-electron chi connectivity index (χ1n) is 8.68. The lowest BCUT2D eigenvalue weighted by atomic mass is 10.00. The highest BCUT2D eigenvalue weighted by molar-refractivity contribution is 5.76. The minimum absolute atomic E-state index is 0.156. The van der Waals surface area contributed by atoms with E-state index >= 15 is 0 Å². The van der Waals surface area contributed by atoms with Gasteiger partial charge in [0.15, 0.2) is 0 Å². The van der Waals surface area contributed by atoms with Crippen molar-refractivity contribution in [3.63, 3.8) is 0 Å². The minimum atomic E-state index is -0.156. The Morgan fingerprint density at radius 3 is 2.45 bits per heavy atom. The van der Waals surface area contributed by atoms with Crippen LogP contribution in [-0.2, 0) is 4.79 Å². The van der Waals surface area contributed by atoms with Crippen LogP contribution in [0.3, 0.4) is 0 Å². The van der Waals surface area contributed by atoms with Crippen molar-refractivity contribution in [1.82, 2.24) is 4.90 Å². The van der Waals surface area contributed by atoms with Crippen LogP contribution in [0.15, 0.2) is 0 Å². The van der Waals surface area contributed by atoms with Gasteiger partial charge in [-0.2, -0.15) is 0 Å². The van der Waals surface area contributed by atoms with E-state index in [1.165, 1.54) is 38.5 Å². The smallest absolute Gasteiger partial charge is 0.222 e. The van der Waals surface area contributed by atoms with Crippen LogP contribution in [-0.4, -0.2) is 35.1 Å². The van der Waals surface area contributed by atoms with Crippen LogP contribution in [0.4, 0.5) is 0 Å². The molecule has 3 heteroatoms. The second-order valence-electron chi connectivity index (χ2n) is 6.74. The molecule has 0 bridgehead atoms. The van der Waals surface area contributed by atoms with E-state index in [9.17, 15) is 9.90 Å². The van der Waals surface area contributed by atoms with Crippen LogP contribution in [0.5, 0.6) is 0 Å². The number of aliphatic hydroxyl groups excluding tert-OH is 1. The maximum Gasteiger partial charge on any atom is 0.222 e. The Morgan fingerprint density at radius 1 is 1.05 bits per heavy atom. The second-order valence-corrected chi connectivity index (χ2v) is 6.74. The van der Waals surface area contributed by atoms with Crippen LogP contribution >= 0.6 is 0 Å². The Hall–Kier alpha value is -0.570. The molecule has 0 aromatic heterocycles. The normalized spacial score (nSPS) is 28.9. The van der Waals surface area contributed by atoms with Gasteiger partial charge >= 0.3 is 0 Å². The molecule has 116 valence electrons. The summed E-state index contributed by atoms with van der Waals surface area (Å²) in [6.45, 7) is 3.94. The molecular formula is C17H31NO2. The third-order valence-electron chi connectivity index (χ3n) is 5.17. The Bertz CT molecular complexity index is 305. The van der Waals surface area contributed by atoms with E-state index in [2.05, 4.69) is 6.92 Å². The van der Waals surface area contributed by atoms with Crippen molar-refractivity contribution >= 4 is 5.91 Å². The van der Waals surface area contributed by atoms with Gasteiger partial charge in [0.1, 0.15) is 0 Å². The number of unbranched alkanes of at least 4 members (excludes halogenated alkanes) is 6. The van der Waals surface area contributed by atoms with Gasteiger partial charge in [-0.05, 0) is 25.2 Å². The van der Waals surface area contributed by atoms with Gasteiger partial charge in [-0.3, -0.25) is 4.79 Å². The fraction of sp³-hybridized carbons (Fsp3) is 0.941. The molecule has 20 heavy (non-hydrogen) atoms. The number of amides is 1. The maximum absolute atomic E-state index is 12.2. The number of nitrogens with zero attached hydrogens (tertiary/aromatic N) is 1. The van der Waals surface area contributed by atoms with Gasteiger partial charge in [-0.25, -0.2) is 0 Å². The van der Waals surface area contributed by atoms with Crippen LogP contribution in [0.1, 0.15) is 71.1 Å². The van der Waals surface area contributed by atoms with Gasteiger partial charge in [0, 0.05) is 25.4 Å². The van der Waals surface area contributed by atoms with Gasteiger partial charge in [-0.15, -0.1) is 0 Å². The lowest BCUT2D eigenvalue weighted by Crippen LogP contribution is -2.30. The Morgan fingerprint density at radius 2 is 1.75 bits per heavy atom. The van der Waals surface area contributed by atoms with Crippen molar-refractivity contribution in [2.24, 2.45) is 11.8 Å². The molecule has 3 nitrogen and oxygen atoms in total. The molecule has 2 aliphatic rings. The predicted octanol–water partition coefficient (Wildman–Crippen LogP) is 3.36. The average molecular weight is 281 g/mol. The van der Waals surface area contributed by atoms with Crippen molar-refractivity contribution in [1.29, 1.82) is 0 Å². The summed E-state index contributed by atoms with van der Waals surface area (Å²) in [6.07, 6.45) is 11.4. The molecule has 0 aromatic rings. The quantitative estimate of drug-likeness (QED) is 0.693. The molecule has 1 heterocycles. The van der Waals surface area contributed by atoms with Crippen molar-refractivity contribution in [3.05, 3.63) is 0 Å². The SMILES string of the molecule is CCCCCCCCCC(=O)N1CC2CCC(O)C2C1. The van der Waals surface area contributed by atoms with E-state index in [-0.39, 0.29) is 6.10 Å². The van der Waals surface area contributed by atoms with Crippen LogP contribution in [0.2, 0.25) is 0 Å². The lowest BCUT2D eigenvalue weighted by molar-refractivity contribution is -0.130. The highest BCUT2D eigenvalue weighted by atomic mass is 16.3. The summed E-state index contributed by atoms with van der Waals surface area (Å²) in [7, 11) is 0. The van der Waals surface area contributed by atoms with Crippen molar-refractivity contribution in [3.8, 4) is 0 Å². The molecule has 1 saturated heterocycles. The van der Waals surface area contributed by atoms with Crippen LogP contribution in [0.25, 0.3) is 0 Å². The second kappa shape index (κ2) is 8.02. The zero-order valence-corrected chi connectivity index (χ0v) is 13.0. The molecule has 3 atom stereocenters. The molecule has 2 rings (SSSR count). The standard InChI is InChI=1S/C17H31NO2/c1-2-3-4-5-6-7-8-9-17(20)18-12-14-10-11-16(19)15(14)13-18/h14-16,19H,2-13H2,1H3. The van der Waals surface area contributed by atoms with Gasteiger partial charge in [0.25, 0.3) is 0 Å². The number of hydrogen-bond donors (Lipinski definition) is 1. The van der Waals surface area contributed by atoms with E-state index in [0.717, 1.165) is 32.4 Å². The predicted molar refractivity (Wildman–Crippen MR) is 81.4 cm³/mol. The summed E-state index contributed by atoms with van der Waals surface area (Å²) < 4.78 is 0. The van der Waals surface area contributed by atoms with E-state index < -0.39 is 0 Å². The molecule has 1 saturated carbocycles. The van der Waals surface area contributed by atoms with E-state index in [1.54, 1.807) is 0 Å². The fourth-order valence-electron chi connectivity index (χ4n) is 3.83. The Labute approximate surface area is 123 Å². The van der Waals surface area contributed by atoms with Gasteiger partial charge < -0.3 is 10.0 Å². The summed E-state index contributed by atoms with van der Waals surface area (Å²) >= 11 is 0. The Balaban J connectivity index is 1.55. The molecule has 1 amide bonds. The number of fused-ring (bicyclic) bond motifs is 1. The summed E-state index contributed by atoms with van der Waals surface area (Å²) in [5.74, 6) is 1.26. The maximum atomic E-state index is 12.2. The zero-order valence-electron chi connectivity index (χ0n) is 13.0. The number of hydrogen-bond acceptors (Lipinski definition) is 2. The Kier molecular flexibility index (Phi) is 6.34. The number of likely N-dealkylation sites (tertiary alicyclic amines) is 1. The molecule has 0 aromatic carbocycles. The monoisotopic (exact) mass is 281 g/mol. The fourth-order valence-corrected chi connectivity index (χ4v) is 3.83. The van der Waals surface area contributed by atoms with Crippen LogP contribution in [0, 0.1) is 11.8 Å². The topological polar surface area (TPSA) is 40.5 Å².